The number of hydrogen-bond acceptors (Lipinski definition) is 9. The molecule has 1 aromatic rings. The third-order valence-electron chi connectivity index (χ3n) is 4.39. The second-order valence-corrected chi connectivity index (χ2v) is 8.36. The third kappa shape index (κ3) is 7.74. The van der Waals surface area contributed by atoms with Gasteiger partial charge in [0.15, 0.2) is 0 Å². The first-order chi connectivity index (χ1) is 13.7. The van der Waals surface area contributed by atoms with E-state index in [2.05, 4.69) is 14.6 Å². The molecule has 29 heavy (non-hydrogen) atoms. The lowest BCUT2D eigenvalue weighted by molar-refractivity contribution is -0.757. The lowest BCUT2D eigenvalue weighted by Crippen LogP contribution is -2.47. The Labute approximate surface area is 173 Å². The summed E-state index contributed by atoms with van der Waals surface area (Å²) in [6.07, 6.45) is 0.584. The number of primary sulfonamides is 1. The normalized spacial score (nSPS) is 15.8. The summed E-state index contributed by atoms with van der Waals surface area (Å²) < 4.78 is 28.2. The van der Waals surface area contributed by atoms with E-state index in [1.54, 1.807) is 0 Å². The molecule has 1 saturated heterocycles. The molecule has 0 aliphatic carbocycles. The van der Waals surface area contributed by atoms with E-state index in [1.807, 2.05) is 0 Å². The lowest BCUT2D eigenvalue weighted by Gasteiger charge is -2.34. The molecule has 0 amide bonds. The number of sulfonamides is 1. The maximum atomic E-state index is 12.1. The van der Waals surface area contributed by atoms with Gasteiger partial charge < -0.3 is 14.5 Å². The van der Waals surface area contributed by atoms with E-state index in [0.29, 0.717) is 13.0 Å². The van der Waals surface area contributed by atoms with Crippen molar-refractivity contribution in [2.75, 3.05) is 52.5 Å². The zero-order chi connectivity index (χ0) is 21.4. The third-order valence-corrected chi connectivity index (χ3v) is 5.79. The Morgan fingerprint density at radius 2 is 1.79 bits per heavy atom. The van der Waals surface area contributed by atoms with Crippen LogP contribution in [0.25, 0.3) is 0 Å². The SMILES string of the molecule is NS(=O)(=O)c1cc(C(=O)OCCN2CCN(CCCO[N+](=O)[O-])CC2)ccc1Cl. The van der Waals surface area contributed by atoms with Crippen LogP contribution in [0.15, 0.2) is 23.1 Å². The fraction of sp³-hybridized carbons (Fsp3) is 0.562. The number of carbonyl (C=O) groups excluding carboxylic acids is 1. The smallest absolute Gasteiger partial charge is 0.338 e. The van der Waals surface area contributed by atoms with E-state index in [4.69, 9.17) is 21.5 Å². The van der Waals surface area contributed by atoms with Crippen LogP contribution >= 0.6 is 11.6 Å². The maximum absolute atomic E-state index is 12.1. The molecule has 11 nitrogen and oxygen atoms in total. The minimum absolute atomic E-state index is 0.0557. The molecule has 0 atom stereocenters. The van der Waals surface area contributed by atoms with Gasteiger partial charge in [-0.15, -0.1) is 10.1 Å². The van der Waals surface area contributed by atoms with Crippen LogP contribution in [0.3, 0.4) is 0 Å². The Bertz CT molecular complexity index is 829. The van der Waals surface area contributed by atoms with Crippen molar-refractivity contribution in [2.45, 2.75) is 11.3 Å². The molecule has 0 aromatic heterocycles. The summed E-state index contributed by atoms with van der Waals surface area (Å²) in [5, 5.41) is 14.3. The average molecular weight is 451 g/mol. The van der Waals surface area contributed by atoms with Gasteiger partial charge in [-0.2, -0.15) is 0 Å². The second-order valence-electron chi connectivity index (χ2n) is 6.42. The summed E-state index contributed by atoms with van der Waals surface area (Å²) >= 11 is 5.80. The van der Waals surface area contributed by atoms with Gasteiger partial charge in [-0.1, -0.05) is 11.6 Å². The van der Waals surface area contributed by atoms with Crippen molar-refractivity contribution in [3.8, 4) is 0 Å². The molecular formula is C16H23ClN4O7S. The summed E-state index contributed by atoms with van der Waals surface area (Å²) in [6.45, 7) is 4.68. The van der Waals surface area contributed by atoms with Gasteiger partial charge in [0.2, 0.25) is 10.0 Å². The number of hydrogen-bond donors (Lipinski definition) is 1. The molecular weight excluding hydrogens is 428 g/mol. The van der Waals surface area contributed by atoms with Crippen molar-refractivity contribution >= 4 is 27.6 Å². The van der Waals surface area contributed by atoms with Crippen LogP contribution in [0.4, 0.5) is 0 Å². The topological polar surface area (TPSA) is 145 Å². The first-order valence-corrected chi connectivity index (χ1v) is 10.8. The van der Waals surface area contributed by atoms with E-state index < -0.39 is 21.1 Å². The van der Waals surface area contributed by atoms with Gasteiger partial charge in [-0.3, -0.25) is 4.90 Å². The van der Waals surface area contributed by atoms with Crippen molar-refractivity contribution in [2.24, 2.45) is 5.14 Å². The van der Waals surface area contributed by atoms with Crippen LogP contribution in [0.1, 0.15) is 16.8 Å². The summed E-state index contributed by atoms with van der Waals surface area (Å²) in [7, 11) is -4.04. The van der Waals surface area contributed by atoms with Crippen molar-refractivity contribution in [1.29, 1.82) is 0 Å². The van der Waals surface area contributed by atoms with Gasteiger partial charge in [0, 0.05) is 39.3 Å². The van der Waals surface area contributed by atoms with Gasteiger partial charge >= 0.3 is 5.97 Å². The highest BCUT2D eigenvalue weighted by Crippen LogP contribution is 2.21. The lowest BCUT2D eigenvalue weighted by atomic mass is 10.2. The molecule has 1 aromatic carbocycles. The largest absolute Gasteiger partial charge is 0.461 e. The van der Waals surface area contributed by atoms with Crippen molar-refractivity contribution < 1.29 is 27.9 Å². The van der Waals surface area contributed by atoms with Crippen LogP contribution < -0.4 is 5.14 Å². The minimum atomic E-state index is -4.04. The summed E-state index contributed by atoms with van der Waals surface area (Å²) in [4.78, 5) is 30.5. The molecule has 0 spiro atoms. The highest BCUT2D eigenvalue weighted by atomic mass is 35.5. The molecule has 1 aliphatic rings. The van der Waals surface area contributed by atoms with Crippen molar-refractivity contribution in [1.82, 2.24) is 9.80 Å². The molecule has 1 heterocycles. The number of halogens is 1. The number of ether oxygens (including phenoxy) is 1. The minimum Gasteiger partial charge on any atom is -0.461 e. The number of esters is 1. The zero-order valence-electron chi connectivity index (χ0n) is 15.7. The van der Waals surface area contributed by atoms with Gasteiger partial charge in [-0.05, 0) is 24.6 Å². The van der Waals surface area contributed by atoms with E-state index in [1.165, 1.54) is 12.1 Å². The second kappa shape index (κ2) is 10.7. The Hall–Kier alpha value is -1.99. The number of carbonyl (C=O) groups is 1. The van der Waals surface area contributed by atoms with E-state index >= 15 is 0 Å². The van der Waals surface area contributed by atoms with E-state index in [0.717, 1.165) is 38.8 Å². The van der Waals surface area contributed by atoms with E-state index in [9.17, 15) is 23.3 Å². The van der Waals surface area contributed by atoms with E-state index in [-0.39, 0.29) is 28.7 Å². The van der Waals surface area contributed by atoms with Crippen molar-refractivity contribution in [3.63, 3.8) is 0 Å². The Balaban J connectivity index is 1.70. The molecule has 2 rings (SSSR count). The molecule has 0 radical (unpaired) electrons. The van der Waals surface area contributed by atoms with Gasteiger partial charge in [0.1, 0.15) is 11.5 Å². The van der Waals surface area contributed by atoms with Crippen LogP contribution in [0.2, 0.25) is 5.02 Å². The Morgan fingerprint density at radius 1 is 1.17 bits per heavy atom. The quantitative estimate of drug-likeness (QED) is 0.231. The molecule has 2 N–H and O–H groups in total. The monoisotopic (exact) mass is 450 g/mol. The van der Waals surface area contributed by atoms with Gasteiger partial charge in [0.05, 0.1) is 17.2 Å². The van der Waals surface area contributed by atoms with Crippen LogP contribution in [-0.2, 0) is 19.6 Å². The molecule has 0 unspecified atom stereocenters. The average Bonchev–Trinajstić information content (AvgIpc) is 2.65. The van der Waals surface area contributed by atoms with Crippen LogP contribution in [-0.4, -0.2) is 81.8 Å². The number of nitrogens with zero attached hydrogens (tertiary/aromatic N) is 3. The highest BCUT2D eigenvalue weighted by molar-refractivity contribution is 7.89. The predicted molar refractivity (Wildman–Crippen MR) is 104 cm³/mol. The first kappa shape index (κ1) is 23.3. The molecule has 13 heteroatoms. The number of benzene rings is 1. The molecule has 0 saturated carbocycles. The maximum Gasteiger partial charge on any atom is 0.338 e. The standard InChI is InChI=1S/C16H23ClN4O7S/c17-14-3-2-13(12-15(14)29(18,25)26)16(22)27-11-9-20-7-5-19(6-8-20)4-1-10-28-21(23)24/h2-3,12H,1,4-11H2,(H2,18,25,26). The molecule has 0 bridgehead atoms. The number of rotatable bonds is 10. The fourth-order valence-corrected chi connectivity index (χ4v) is 3.93. The molecule has 162 valence electrons. The summed E-state index contributed by atoms with van der Waals surface area (Å²) in [5.41, 5.74) is 0.0557. The highest BCUT2D eigenvalue weighted by Gasteiger charge is 2.19. The molecule has 1 aliphatic heterocycles. The predicted octanol–water partition coefficient (Wildman–Crippen LogP) is 0.360. The molecule has 1 fully saturated rings. The summed E-state index contributed by atoms with van der Waals surface area (Å²) in [6, 6.07) is 3.76. The summed E-state index contributed by atoms with van der Waals surface area (Å²) in [5.74, 6) is -0.656. The van der Waals surface area contributed by atoms with Crippen molar-refractivity contribution in [3.05, 3.63) is 38.9 Å². The van der Waals surface area contributed by atoms with Gasteiger partial charge in [0.25, 0.3) is 5.09 Å². The first-order valence-electron chi connectivity index (χ1n) is 8.88. The van der Waals surface area contributed by atoms with Crippen LogP contribution in [0.5, 0.6) is 0 Å². The fourth-order valence-electron chi connectivity index (χ4n) is 2.86. The van der Waals surface area contributed by atoms with Gasteiger partial charge in [-0.25, -0.2) is 18.4 Å². The zero-order valence-corrected chi connectivity index (χ0v) is 17.2. The van der Waals surface area contributed by atoms with Crippen LogP contribution in [0, 0.1) is 10.1 Å². The Kier molecular flexibility index (Phi) is 8.59. The Morgan fingerprint density at radius 3 is 2.38 bits per heavy atom. The number of nitrogens with two attached hydrogens (primary N) is 1. The number of piperazine rings is 1.